The molecular formula is C76H98K2N13NaO12S. The molecule has 4 heterocycles. The quantitative estimate of drug-likeness (QED) is 0.0120. The van der Waals surface area contributed by atoms with Crippen molar-refractivity contribution < 1.29 is 185 Å². The zero-order valence-corrected chi connectivity index (χ0v) is 73.6. The average molecular weight is 1520 g/mol. The minimum Gasteiger partial charge on any atom is -1.00 e. The van der Waals surface area contributed by atoms with Gasteiger partial charge in [0.05, 0.1) is 56.5 Å². The molecule has 0 fully saturated rings. The van der Waals surface area contributed by atoms with Crippen molar-refractivity contribution in [1.29, 1.82) is 0 Å². The zero-order chi connectivity index (χ0) is 74.4. The molecule has 105 heavy (non-hydrogen) atoms. The minimum absolute atomic E-state index is 0. The second-order valence-electron chi connectivity index (χ2n) is 28.2. The molecule has 548 valence electrons. The van der Waals surface area contributed by atoms with Crippen molar-refractivity contribution in [1.82, 2.24) is 55.6 Å². The third kappa shape index (κ3) is 27.2. The maximum absolute atomic E-state index is 11.6. The maximum atomic E-state index is 11.6. The van der Waals surface area contributed by atoms with E-state index in [1.807, 2.05) is 83.7 Å². The van der Waals surface area contributed by atoms with E-state index < -0.39 is 10.1 Å². The van der Waals surface area contributed by atoms with E-state index in [-0.39, 0.29) is 158 Å². The summed E-state index contributed by atoms with van der Waals surface area (Å²) in [6.07, 6.45) is 0. The summed E-state index contributed by atoms with van der Waals surface area (Å²) >= 11 is 0. The number of nitrogens with one attached hydrogen (secondary N) is 1. The van der Waals surface area contributed by atoms with Crippen LogP contribution in [0.1, 0.15) is 118 Å². The molecular weight excluding hydrogens is 1420 g/mol. The molecule has 0 saturated carbocycles. The summed E-state index contributed by atoms with van der Waals surface area (Å²) in [5.74, 6) is 6.65. The van der Waals surface area contributed by atoms with Crippen molar-refractivity contribution in [2.75, 3.05) is 33.0 Å². The fourth-order valence-corrected chi connectivity index (χ4v) is 11.4. The molecule has 0 bridgehead atoms. The van der Waals surface area contributed by atoms with Gasteiger partial charge in [0.15, 0.2) is 6.54 Å². The van der Waals surface area contributed by atoms with Gasteiger partial charge in [0.25, 0.3) is 16.6 Å². The van der Waals surface area contributed by atoms with Crippen molar-refractivity contribution in [2.45, 2.75) is 142 Å². The van der Waals surface area contributed by atoms with Gasteiger partial charge in [-0.15, -0.1) is 15.5 Å². The third-order valence-corrected chi connectivity index (χ3v) is 16.1. The minimum atomic E-state index is -3.57. The Morgan fingerprint density at radius 3 is 1.27 bits per heavy atom. The largest absolute Gasteiger partial charge is 1.00 e. The zero-order valence-electron chi connectivity index (χ0n) is 65.6. The predicted octanol–water partition coefficient (Wildman–Crippen LogP) is 5.87. The Morgan fingerprint density at radius 2 is 0.886 bits per heavy atom. The number of hydrogen-bond acceptors (Lipinski definition) is 20. The van der Waals surface area contributed by atoms with Crippen LogP contribution in [0.4, 0.5) is 0 Å². The molecule has 1 N–H and O–H groups in total. The Balaban J connectivity index is 0.000000419. The smallest absolute Gasteiger partial charge is 1.00 e. The normalized spacial score (nSPS) is 11.2. The molecule has 4 aromatic heterocycles. The van der Waals surface area contributed by atoms with Crippen molar-refractivity contribution in [3.63, 3.8) is 0 Å². The number of nitrogens with zero attached hydrogens (tertiary/aromatic N) is 12. The number of H-pyrrole nitrogens is 1. The number of aryl methyl sites for hydroxylation is 1. The van der Waals surface area contributed by atoms with Crippen LogP contribution in [-0.4, -0.2) is 98.4 Å². The van der Waals surface area contributed by atoms with Crippen molar-refractivity contribution in [2.24, 2.45) is 52.7 Å². The molecule has 29 heteroatoms. The first kappa shape index (κ1) is 91.7. The molecule has 0 unspecified atom stereocenters. The van der Waals surface area contributed by atoms with Gasteiger partial charge >= 0.3 is 132 Å². The van der Waals surface area contributed by atoms with E-state index in [0.29, 0.717) is 67.9 Å². The molecule has 0 atom stereocenters. The number of benzene rings is 7. The Bertz CT molecular complexity index is 4280. The molecule has 0 radical (unpaired) electrons. The monoisotopic (exact) mass is 1520 g/mol. The van der Waals surface area contributed by atoms with E-state index in [1.165, 1.54) is 0 Å². The van der Waals surface area contributed by atoms with Gasteiger partial charge in [-0.25, -0.2) is 4.80 Å². The van der Waals surface area contributed by atoms with Crippen LogP contribution in [0.15, 0.2) is 132 Å². The Kier molecular flexibility index (Phi) is 39.1. The van der Waals surface area contributed by atoms with Crippen LogP contribution in [0.3, 0.4) is 0 Å². The van der Waals surface area contributed by atoms with Crippen LogP contribution in [0.2, 0.25) is 0 Å². The van der Waals surface area contributed by atoms with Crippen LogP contribution in [0, 0.1) is 64.4 Å². The van der Waals surface area contributed by atoms with Gasteiger partial charge in [-0.2, -0.15) is 43.5 Å². The fraction of sp³-hybridized carbons (Fsp3) is 0.434. The molecule has 0 aliphatic heterocycles. The van der Waals surface area contributed by atoms with Crippen LogP contribution in [-0.2, 0) is 43.6 Å². The van der Waals surface area contributed by atoms with Gasteiger partial charge in [0, 0.05) is 39.2 Å². The molecule has 7 aromatic carbocycles. The van der Waals surface area contributed by atoms with Crippen LogP contribution >= 0.6 is 0 Å². The number of hydrogen-bond donors (Lipinski definition) is 1. The maximum Gasteiger partial charge on any atom is 1.00 e. The topological polar surface area (TPSA) is 316 Å². The number of aromatic amines is 1. The van der Waals surface area contributed by atoms with E-state index in [2.05, 4.69) is 171 Å². The van der Waals surface area contributed by atoms with Crippen molar-refractivity contribution in [3.05, 3.63) is 137 Å². The third-order valence-electron chi connectivity index (χ3n) is 14.8. The van der Waals surface area contributed by atoms with Crippen LogP contribution in [0.5, 0.6) is 23.0 Å². The van der Waals surface area contributed by atoms with Gasteiger partial charge in [0.1, 0.15) is 50.6 Å². The summed E-state index contributed by atoms with van der Waals surface area (Å²) in [5.41, 5.74) is 15.3. The van der Waals surface area contributed by atoms with Gasteiger partial charge in [-0.1, -0.05) is 177 Å². The molecule has 0 saturated heterocycles. The van der Waals surface area contributed by atoms with Gasteiger partial charge in [-0.3, -0.25) is 14.1 Å². The summed E-state index contributed by atoms with van der Waals surface area (Å²) < 4.78 is 51.9. The average Bonchev–Trinajstić information content (AvgIpc) is 1.55. The van der Waals surface area contributed by atoms with Crippen LogP contribution in [0.25, 0.3) is 88.6 Å². The number of ether oxygens (including phenoxy) is 4. The van der Waals surface area contributed by atoms with Crippen molar-refractivity contribution >= 4 is 60.7 Å². The second-order valence-corrected chi connectivity index (χ2v) is 29.8. The Morgan fingerprint density at radius 1 is 0.514 bits per heavy atom. The summed E-state index contributed by atoms with van der Waals surface area (Å²) in [4.78, 5) is 25.0. The standard InChI is InChI=1S/C34H44N6O2.C30H36N6O2.C11H16O3S.CH2O3.2K.HNO2.Na.H/c1-21(2)17-39-35-31-29(25-9-13-27(14-10-25)41-19-23(5)6)33-34(38-40(37-33)18-22(3)4)30(32(31)36-39)26-11-15-28(16-12-26)42-20-24(7)8;1-18(2)15-36-33-29-25(21-7-11-23(12-8-21)37-16-19(3)4)27-28(32-35-31-27)26(30(29)34-36)22-9-13-24(14-10-22)38-17-20(5)6;1-9(2)8-14-15(12,13)11-6-4-10(3)5-7-11;2-1-4-3;;;2-1-3;;/h9-16,21-24H,17-20H2,1-8H3;7-14,18-20,33H,15-17H2,1-6H3;4-7,9H,8H2,1-3H3;1,3H;;;(H,2,3);;/q;;;;2*+1;;+1;-1/p-2. The van der Waals surface area contributed by atoms with E-state index in [9.17, 15) is 8.42 Å². The van der Waals surface area contributed by atoms with Crippen molar-refractivity contribution in [3.8, 4) is 67.5 Å². The Hall–Kier alpha value is -5.65. The molecule has 0 amide bonds. The first-order valence-corrected chi connectivity index (χ1v) is 35.9. The number of fused-ring (bicyclic) bond motifs is 4. The molecule has 0 aliphatic carbocycles. The van der Waals surface area contributed by atoms with E-state index in [4.69, 9.17) is 68.8 Å². The van der Waals surface area contributed by atoms with Gasteiger partial charge < -0.3 is 40.6 Å². The summed E-state index contributed by atoms with van der Waals surface area (Å²) in [6.45, 7) is 40.9. The second kappa shape index (κ2) is 44.7. The number of carbonyl (C=O) groups excluding carboxylic acids is 1. The summed E-state index contributed by atoms with van der Waals surface area (Å²) in [5, 5.41) is 59.2. The van der Waals surface area contributed by atoms with Gasteiger partial charge in [0.2, 0.25) is 0 Å². The molecule has 0 aliphatic rings. The Labute approximate surface area is 724 Å². The summed E-state index contributed by atoms with van der Waals surface area (Å²) in [6, 6.07) is 39.3. The molecule has 25 nitrogen and oxygen atoms in total. The molecule has 0 spiro atoms. The van der Waals surface area contributed by atoms with Gasteiger partial charge in [-0.05, 0) is 136 Å². The SMILES string of the molecule is CC(C)COc1ccc(-c2c3nn(CC(C)C)nc3c(-c3ccc(OCC(C)C)cc3)c3[n-][n+](CC(C)C)nc23)cc1.CC(C)COc1ccc(-c2c3nnnc3c(-c3ccc(OCC(C)C)cc3)c3[nH]n(CC(C)C)nc23)cc1.Cc1ccc(S(=O)(=O)OCC(C)C)cc1.O=CO[O-].O=N[O-].[H-].[K+].[K+].[Na+]. The predicted molar refractivity (Wildman–Crippen MR) is 395 cm³/mol. The molecule has 11 rings (SSSR count). The van der Waals surface area contributed by atoms with E-state index in [1.54, 1.807) is 24.3 Å². The summed E-state index contributed by atoms with van der Waals surface area (Å²) in [7, 11) is -3.57. The van der Waals surface area contributed by atoms with Crippen LogP contribution < -0.4 is 166 Å². The van der Waals surface area contributed by atoms with E-state index >= 15 is 0 Å². The number of aromatic nitrogens is 12. The first-order chi connectivity index (χ1) is 48.6. The number of carbonyl (C=O) groups is 1. The molecule has 11 aromatic rings. The van der Waals surface area contributed by atoms with E-state index in [0.717, 1.165) is 142 Å². The number of rotatable bonds is 27. The fourth-order valence-electron chi connectivity index (χ4n) is 10.4. The first-order valence-electron chi connectivity index (χ1n) is 34.5.